The van der Waals surface area contributed by atoms with E-state index >= 15 is 0 Å². The standard InChI is InChI=1S/C25H26N.C17H22NSi.Ir/c1-25(2,3)21-11-6-10-19(16-21)24-15-14-20(17-26-24)23-13-7-9-18-8-4-5-12-22(18)23;1-13(2)15-11-16(14-9-7-6-8-10-14)18-12-17(15)19(3,4)5;/h6-7,9,11,13-17H,4-5,8,12H2,1-3H3;6-9,11-13H,1-5H3;/q2*-1;. The number of aromatic nitrogens is 2. The van der Waals surface area contributed by atoms with E-state index in [0.29, 0.717) is 5.92 Å². The normalized spacial score (nSPS) is 12.9. The first-order chi connectivity index (χ1) is 21.4. The van der Waals surface area contributed by atoms with Gasteiger partial charge in [-0.05, 0) is 75.8 Å². The molecule has 0 saturated carbocycles. The summed E-state index contributed by atoms with van der Waals surface area (Å²) in [4.78, 5) is 9.43. The van der Waals surface area contributed by atoms with Gasteiger partial charge in [0, 0.05) is 32.5 Å². The molecule has 2 nitrogen and oxygen atoms in total. The Morgan fingerprint density at radius 2 is 1.48 bits per heavy atom. The summed E-state index contributed by atoms with van der Waals surface area (Å²) in [6.07, 6.45) is 9.13. The van der Waals surface area contributed by atoms with Gasteiger partial charge in [-0.25, -0.2) is 0 Å². The molecule has 0 spiro atoms. The van der Waals surface area contributed by atoms with Gasteiger partial charge in [0.15, 0.2) is 0 Å². The van der Waals surface area contributed by atoms with E-state index < -0.39 is 8.07 Å². The third-order valence-electron chi connectivity index (χ3n) is 8.76. The van der Waals surface area contributed by atoms with E-state index in [0.717, 1.165) is 22.5 Å². The molecule has 241 valence electrons. The third-order valence-corrected chi connectivity index (χ3v) is 10.8. The fraction of sp³-hybridized carbons (Fsp3) is 0.333. The monoisotopic (exact) mass is 801 g/mol. The number of pyridine rings is 2. The summed E-state index contributed by atoms with van der Waals surface area (Å²) in [6, 6.07) is 34.3. The molecule has 4 heteroatoms. The van der Waals surface area contributed by atoms with Gasteiger partial charge < -0.3 is 9.97 Å². The van der Waals surface area contributed by atoms with Crippen molar-refractivity contribution in [1.82, 2.24) is 9.97 Å². The Kier molecular flexibility index (Phi) is 11.8. The summed E-state index contributed by atoms with van der Waals surface area (Å²) in [7, 11) is -1.34. The Hall–Kier alpha value is -3.17. The Balaban J connectivity index is 0.000000215. The van der Waals surface area contributed by atoms with Gasteiger partial charge in [-0.2, -0.15) is 0 Å². The van der Waals surface area contributed by atoms with Gasteiger partial charge in [-0.3, -0.25) is 0 Å². The van der Waals surface area contributed by atoms with Crippen molar-refractivity contribution in [2.75, 3.05) is 0 Å². The Morgan fingerprint density at radius 1 is 0.739 bits per heavy atom. The minimum Gasteiger partial charge on any atom is -0.305 e. The third kappa shape index (κ3) is 8.59. The van der Waals surface area contributed by atoms with Gasteiger partial charge in [0.05, 0.1) is 8.07 Å². The van der Waals surface area contributed by atoms with Gasteiger partial charge in [0.25, 0.3) is 0 Å². The van der Waals surface area contributed by atoms with Crippen LogP contribution in [-0.4, -0.2) is 18.0 Å². The van der Waals surface area contributed by atoms with Gasteiger partial charge in [0.1, 0.15) is 0 Å². The molecule has 2 heterocycles. The quantitative estimate of drug-likeness (QED) is 0.131. The largest absolute Gasteiger partial charge is 0.305 e. The number of aryl methyl sites for hydroxylation is 1. The topological polar surface area (TPSA) is 25.8 Å². The van der Waals surface area contributed by atoms with Gasteiger partial charge >= 0.3 is 0 Å². The Labute approximate surface area is 292 Å². The molecule has 0 aliphatic heterocycles. The van der Waals surface area contributed by atoms with Crippen molar-refractivity contribution >= 4 is 13.3 Å². The molecule has 0 fully saturated rings. The molecule has 1 radical (unpaired) electrons. The summed E-state index contributed by atoms with van der Waals surface area (Å²) in [5.41, 5.74) is 12.7. The zero-order valence-corrected chi connectivity index (χ0v) is 32.2. The zero-order valence-electron chi connectivity index (χ0n) is 28.8. The van der Waals surface area contributed by atoms with Crippen molar-refractivity contribution in [1.29, 1.82) is 0 Å². The number of nitrogens with zero attached hydrogens (tertiary/aromatic N) is 2. The van der Waals surface area contributed by atoms with E-state index in [2.05, 4.69) is 132 Å². The van der Waals surface area contributed by atoms with Crippen molar-refractivity contribution in [3.8, 4) is 33.6 Å². The van der Waals surface area contributed by atoms with Gasteiger partial charge in [-0.1, -0.05) is 96.2 Å². The fourth-order valence-electron chi connectivity index (χ4n) is 6.12. The van der Waals surface area contributed by atoms with Crippen LogP contribution in [0.15, 0.2) is 91.3 Å². The molecule has 1 aliphatic carbocycles. The average molecular weight is 801 g/mol. The van der Waals surface area contributed by atoms with Crippen LogP contribution in [0, 0.1) is 12.1 Å². The molecule has 0 saturated heterocycles. The average Bonchev–Trinajstić information content (AvgIpc) is 3.04. The second-order valence-electron chi connectivity index (χ2n) is 14.7. The minimum atomic E-state index is -1.34. The van der Waals surface area contributed by atoms with Crippen LogP contribution in [0.3, 0.4) is 0 Å². The maximum Gasteiger partial charge on any atom is 0.0799 e. The molecule has 0 bridgehead atoms. The molecule has 2 aromatic heterocycles. The number of hydrogen-bond donors (Lipinski definition) is 0. The first-order valence-electron chi connectivity index (χ1n) is 16.5. The van der Waals surface area contributed by atoms with Crippen LogP contribution in [0.4, 0.5) is 0 Å². The molecule has 6 rings (SSSR count). The summed E-state index contributed by atoms with van der Waals surface area (Å²) in [6.45, 7) is 18.4. The minimum absolute atomic E-state index is 0. The Bertz CT molecular complexity index is 1730. The van der Waals surface area contributed by atoms with E-state index in [-0.39, 0.29) is 25.5 Å². The molecule has 5 aromatic rings. The van der Waals surface area contributed by atoms with Crippen molar-refractivity contribution < 1.29 is 20.1 Å². The molecule has 0 amide bonds. The number of fused-ring (bicyclic) bond motifs is 1. The maximum atomic E-state index is 4.77. The first kappa shape index (κ1) is 35.7. The van der Waals surface area contributed by atoms with Crippen molar-refractivity contribution in [3.05, 3.63) is 126 Å². The molecular formula is C42H48IrN2Si-2. The van der Waals surface area contributed by atoms with Crippen LogP contribution in [0.1, 0.15) is 75.6 Å². The number of rotatable bonds is 5. The summed E-state index contributed by atoms with van der Waals surface area (Å²) in [5, 5.41) is 1.47. The predicted octanol–water partition coefficient (Wildman–Crippen LogP) is 10.6. The molecule has 46 heavy (non-hydrogen) atoms. The SMILES string of the molecule is CC(C)(C)c1cc[c-]c(-c2ccc(-c3cccc4c3CCCC4)cn2)c1.CC(C)c1cc(-c2[c-]cccc2)ncc1[Si](C)(C)C.[Ir]. The molecule has 3 aromatic carbocycles. The van der Waals surface area contributed by atoms with Gasteiger partial charge in [-0.15, -0.1) is 71.3 Å². The zero-order chi connectivity index (χ0) is 32.2. The molecule has 0 atom stereocenters. The molecule has 1 aliphatic rings. The molecular weight excluding hydrogens is 753 g/mol. The van der Waals surface area contributed by atoms with Crippen molar-refractivity contribution in [2.45, 2.75) is 91.3 Å². The maximum absolute atomic E-state index is 4.77. The first-order valence-corrected chi connectivity index (χ1v) is 20.0. The van der Waals surface area contributed by atoms with Crippen LogP contribution >= 0.6 is 0 Å². The molecule has 0 N–H and O–H groups in total. The van der Waals surface area contributed by atoms with E-state index in [1.54, 1.807) is 0 Å². The summed E-state index contributed by atoms with van der Waals surface area (Å²) < 4.78 is 0. The fourth-order valence-corrected chi connectivity index (χ4v) is 7.80. The van der Waals surface area contributed by atoms with Crippen LogP contribution in [0.2, 0.25) is 19.6 Å². The number of hydrogen-bond acceptors (Lipinski definition) is 2. The second-order valence-corrected chi connectivity index (χ2v) is 19.7. The van der Waals surface area contributed by atoms with E-state index in [1.165, 1.54) is 64.3 Å². The smallest absolute Gasteiger partial charge is 0.0799 e. The van der Waals surface area contributed by atoms with Crippen molar-refractivity contribution in [2.24, 2.45) is 0 Å². The molecule has 0 unspecified atom stereocenters. The van der Waals surface area contributed by atoms with E-state index in [1.807, 2.05) is 30.5 Å². The van der Waals surface area contributed by atoms with E-state index in [9.17, 15) is 0 Å². The van der Waals surface area contributed by atoms with E-state index in [4.69, 9.17) is 4.98 Å². The van der Waals surface area contributed by atoms with Crippen molar-refractivity contribution in [3.63, 3.8) is 0 Å². The van der Waals surface area contributed by atoms with Crippen LogP contribution in [0.25, 0.3) is 33.6 Å². The summed E-state index contributed by atoms with van der Waals surface area (Å²) >= 11 is 0. The second kappa shape index (κ2) is 15.2. The van der Waals surface area contributed by atoms with Crippen LogP contribution < -0.4 is 5.19 Å². The summed E-state index contributed by atoms with van der Waals surface area (Å²) in [5.74, 6) is 0.534. The Morgan fingerprint density at radius 3 is 2.13 bits per heavy atom. The predicted molar refractivity (Wildman–Crippen MR) is 195 cm³/mol. The number of benzene rings is 3. The van der Waals surface area contributed by atoms with Crippen LogP contribution in [-0.2, 0) is 38.4 Å². The van der Waals surface area contributed by atoms with Gasteiger partial charge in [0.2, 0.25) is 0 Å². The van der Waals surface area contributed by atoms with Crippen LogP contribution in [0.5, 0.6) is 0 Å².